The van der Waals surface area contributed by atoms with Gasteiger partial charge in [-0.25, -0.2) is 0 Å². The maximum absolute atomic E-state index is 12.2. The molecule has 1 fully saturated rings. The number of esters is 1. The second-order valence-electron chi connectivity index (χ2n) is 5.78. The van der Waals surface area contributed by atoms with Gasteiger partial charge in [0.2, 0.25) is 0 Å². The van der Waals surface area contributed by atoms with E-state index < -0.39 is 5.54 Å². The molecule has 1 aliphatic rings. The standard InChI is InChI=1S/C15H30N2O2/c1-6-10-17(12(3)4)13-8-9-15(11-13,16-5)14(18)19-7-2/h12-13,16H,6-11H2,1-5H3. The molecule has 0 spiro atoms. The minimum atomic E-state index is -0.471. The fraction of sp³-hybridized carbons (Fsp3) is 0.933. The Morgan fingerprint density at radius 1 is 1.47 bits per heavy atom. The molecule has 1 N–H and O–H groups in total. The summed E-state index contributed by atoms with van der Waals surface area (Å²) in [5.74, 6) is -0.0831. The molecule has 0 saturated heterocycles. The number of ether oxygens (including phenoxy) is 1. The highest BCUT2D eigenvalue weighted by molar-refractivity contribution is 5.81. The highest BCUT2D eigenvalue weighted by Gasteiger charge is 2.47. The molecule has 2 unspecified atom stereocenters. The number of likely N-dealkylation sites (N-methyl/N-ethyl adjacent to an activating group) is 1. The van der Waals surface area contributed by atoms with Gasteiger partial charge in [-0.2, -0.15) is 0 Å². The summed E-state index contributed by atoms with van der Waals surface area (Å²) in [5.41, 5.74) is -0.471. The zero-order valence-electron chi connectivity index (χ0n) is 13.2. The number of hydrogen-bond donors (Lipinski definition) is 1. The Kier molecular flexibility index (Phi) is 6.27. The van der Waals surface area contributed by atoms with E-state index >= 15 is 0 Å². The molecule has 1 rings (SSSR count). The van der Waals surface area contributed by atoms with Gasteiger partial charge >= 0.3 is 5.97 Å². The van der Waals surface area contributed by atoms with Gasteiger partial charge in [0.15, 0.2) is 0 Å². The molecule has 1 saturated carbocycles. The molecular weight excluding hydrogens is 240 g/mol. The number of carbonyl (C=O) groups is 1. The summed E-state index contributed by atoms with van der Waals surface area (Å²) in [6, 6.07) is 1.01. The van der Waals surface area contributed by atoms with Crippen molar-refractivity contribution in [3.05, 3.63) is 0 Å². The molecule has 1 aliphatic carbocycles. The third-order valence-electron chi connectivity index (χ3n) is 4.25. The van der Waals surface area contributed by atoms with E-state index in [1.54, 1.807) is 0 Å². The minimum Gasteiger partial charge on any atom is -0.465 e. The summed E-state index contributed by atoms with van der Waals surface area (Å²) in [6.07, 6.45) is 3.96. The first-order chi connectivity index (χ1) is 9.00. The van der Waals surface area contributed by atoms with Crippen LogP contribution in [0.1, 0.15) is 53.4 Å². The van der Waals surface area contributed by atoms with Gasteiger partial charge < -0.3 is 10.1 Å². The topological polar surface area (TPSA) is 41.6 Å². The van der Waals surface area contributed by atoms with Crippen LogP contribution < -0.4 is 5.32 Å². The van der Waals surface area contributed by atoms with E-state index in [1.807, 2.05) is 14.0 Å². The van der Waals surface area contributed by atoms with Gasteiger partial charge in [-0.05, 0) is 60.0 Å². The van der Waals surface area contributed by atoms with Crippen LogP contribution in [0.3, 0.4) is 0 Å². The van der Waals surface area contributed by atoms with Crippen LogP contribution in [-0.4, -0.2) is 48.7 Å². The first kappa shape index (κ1) is 16.4. The van der Waals surface area contributed by atoms with Crippen LogP contribution in [0.4, 0.5) is 0 Å². The summed E-state index contributed by atoms with van der Waals surface area (Å²) in [6.45, 7) is 10.1. The van der Waals surface area contributed by atoms with Crippen LogP contribution >= 0.6 is 0 Å². The van der Waals surface area contributed by atoms with Crippen LogP contribution in [0.15, 0.2) is 0 Å². The second kappa shape index (κ2) is 7.25. The predicted octanol–water partition coefficient (Wildman–Crippen LogP) is 2.18. The van der Waals surface area contributed by atoms with Crippen molar-refractivity contribution in [1.29, 1.82) is 0 Å². The minimum absolute atomic E-state index is 0.0831. The summed E-state index contributed by atoms with van der Waals surface area (Å²) in [4.78, 5) is 14.7. The highest BCUT2D eigenvalue weighted by atomic mass is 16.5. The van der Waals surface area contributed by atoms with E-state index in [0.29, 0.717) is 18.7 Å². The van der Waals surface area contributed by atoms with E-state index in [9.17, 15) is 4.79 Å². The molecule has 2 atom stereocenters. The van der Waals surface area contributed by atoms with Gasteiger partial charge in [-0.15, -0.1) is 0 Å². The molecule has 4 nitrogen and oxygen atoms in total. The lowest BCUT2D eigenvalue weighted by Crippen LogP contribution is -2.51. The van der Waals surface area contributed by atoms with Crippen LogP contribution in [-0.2, 0) is 9.53 Å². The van der Waals surface area contributed by atoms with E-state index in [4.69, 9.17) is 4.74 Å². The number of hydrogen-bond acceptors (Lipinski definition) is 4. The number of nitrogens with zero attached hydrogens (tertiary/aromatic N) is 1. The van der Waals surface area contributed by atoms with Crippen LogP contribution in [0.25, 0.3) is 0 Å². The summed E-state index contributed by atoms with van der Waals surface area (Å²) < 4.78 is 5.25. The fourth-order valence-corrected chi connectivity index (χ4v) is 3.21. The monoisotopic (exact) mass is 270 g/mol. The van der Waals surface area contributed by atoms with Crippen LogP contribution in [0, 0.1) is 0 Å². The summed E-state index contributed by atoms with van der Waals surface area (Å²) >= 11 is 0. The Morgan fingerprint density at radius 2 is 2.16 bits per heavy atom. The average Bonchev–Trinajstić information content (AvgIpc) is 2.81. The number of rotatable bonds is 7. The maximum atomic E-state index is 12.2. The molecule has 0 heterocycles. The Balaban J connectivity index is 2.75. The molecule has 0 aromatic carbocycles. The Bertz CT molecular complexity index is 294. The summed E-state index contributed by atoms with van der Waals surface area (Å²) in [7, 11) is 1.87. The van der Waals surface area contributed by atoms with Crippen molar-refractivity contribution in [2.45, 2.75) is 71.0 Å². The fourth-order valence-electron chi connectivity index (χ4n) is 3.21. The van der Waals surface area contributed by atoms with E-state index in [0.717, 1.165) is 32.2 Å². The van der Waals surface area contributed by atoms with E-state index in [1.165, 1.54) is 0 Å². The van der Waals surface area contributed by atoms with Crippen LogP contribution in [0.2, 0.25) is 0 Å². The zero-order chi connectivity index (χ0) is 14.5. The van der Waals surface area contributed by atoms with E-state index in [2.05, 4.69) is 31.0 Å². The van der Waals surface area contributed by atoms with Crippen molar-refractivity contribution < 1.29 is 9.53 Å². The molecule has 0 amide bonds. The molecule has 112 valence electrons. The Hall–Kier alpha value is -0.610. The van der Waals surface area contributed by atoms with Gasteiger partial charge in [0.1, 0.15) is 5.54 Å². The normalized spacial score (nSPS) is 27.2. The third-order valence-corrected chi connectivity index (χ3v) is 4.25. The highest BCUT2D eigenvalue weighted by Crippen LogP contribution is 2.34. The molecule has 0 bridgehead atoms. The summed E-state index contributed by atoms with van der Waals surface area (Å²) in [5, 5.41) is 3.23. The van der Waals surface area contributed by atoms with Crippen molar-refractivity contribution >= 4 is 5.97 Å². The van der Waals surface area contributed by atoms with Gasteiger partial charge in [0, 0.05) is 12.1 Å². The van der Waals surface area contributed by atoms with Crippen molar-refractivity contribution in [2.24, 2.45) is 0 Å². The number of nitrogens with one attached hydrogen (secondary N) is 1. The lowest BCUT2D eigenvalue weighted by Gasteiger charge is -2.34. The molecule has 0 aromatic rings. The largest absolute Gasteiger partial charge is 0.465 e. The predicted molar refractivity (Wildman–Crippen MR) is 78.2 cm³/mol. The lowest BCUT2D eigenvalue weighted by molar-refractivity contribution is -0.151. The maximum Gasteiger partial charge on any atom is 0.326 e. The molecular formula is C15H30N2O2. The zero-order valence-corrected chi connectivity index (χ0v) is 13.2. The Labute approximate surface area is 117 Å². The lowest BCUT2D eigenvalue weighted by atomic mass is 9.97. The second-order valence-corrected chi connectivity index (χ2v) is 5.78. The van der Waals surface area contributed by atoms with Gasteiger partial charge in [0.05, 0.1) is 6.61 Å². The number of carbonyl (C=O) groups excluding carboxylic acids is 1. The molecule has 0 aliphatic heterocycles. The SMILES string of the molecule is CCCN(C(C)C)C1CCC(NC)(C(=O)OCC)C1. The average molecular weight is 270 g/mol. The van der Waals surface area contributed by atoms with Crippen molar-refractivity contribution in [2.75, 3.05) is 20.2 Å². The molecule has 4 heteroatoms. The third kappa shape index (κ3) is 3.69. The van der Waals surface area contributed by atoms with Crippen molar-refractivity contribution in [3.8, 4) is 0 Å². The quantitative estimate of drug-likeness (QED) is 0.720. The van der Waals surface area contributed by atoms with Gasteiger partial charge in [-0.1, -0.05) is 6.92 Å². The van der Waals surface area contributed by atoms with Crippen molar-refractivity contribution in [3.63, 3.8) is 0 Å². The van der Waals surface area contributed by atoms with Gasteiger partial charge in [0.25, 0.3) is 0 Å². The van der Waals surface area contributed by atoms with Crippen molar-refractivity contribution in [1.82, 2.24) is 10.2 Å². The first-order valence-corrected chi connectivity index (χ1v) is 7.62. The molecule has 0 aromatic heterocycles. The first-order valence-electron chi connectivity index (χ1n) is 7.62. The van der Waals surface area contributed by atoms with Gasteiger partial charge in [-0.3, -0.25) is 9.69 Å². The van der Waals surface area contributed by atoms with Crippen LogP contribution in [0.5, 0.6) is 0 Å². The Morgan fingerprint density at radius 3 is 2.63 bits per heavy atom. The smallest absolute Gasteiger partial charge is 0.326 e. The molecule has 0 radical (unpaired) electrons. The van der Waals surface area contributed by atoms with E-state index in [-0.39, 0.29) is 5.97 Å². The molecule has 19 heavy (non-hydrogen) atoms.